The molecule has 0 aliphatic carbocycles. The molecule has 0 saturated heterocycles. The number of hydrogen-bond acceptors (Lipinski definition) is 2. The van der Waals surface area contributed by atoms with E-state index in [0.29, 0.717) is 10.6 Å². The van der Waals surface area contributed by atoms with Crippen LogP contribution in [0.3, 0.4) is 0 Å². The first-order chi connectivity index (χ1) is 13.6. The van der Waals surface area contributed by atoms with Crippen LogP contribution in [0.4, 0.5) is 0 Å². The molecule has 0 atom stereocenters. The van der Waals surface area contributed by atoms with Crippen LogP contribution in [0.1, 0.15) is 21.6 Å². The van der Waals surface area contributed by atoms with Gasteiger partial charge < -0.3 is 0 Å². The molecule has 1 heterocycles. The fraction of sp³-hybridized carbons (Fsp3) is 0.0400. The van der Waals surface area contributed by atoms with Gasteiger partial charge in [-0.25, -0.2) is 0 Å². The van der Waals surface area contributed by atoms with E-state index in [1.165, 1.54) is 0 Å². The van der Waals surface area contributed by atoms with Crippen LogP contribution in [0, 0.1) is 6.92 Å². The van der Waals surface area contributed by atoms with Crippen molar-refractivity contribution in [3.05, 3.63) is 107 Å². The summed E-state index contributed by atoms with van der Waals surface area (Å²) in [5, 5.41) is 1.61. The Morgan fingerprint density at radius 1 is 0.929 bits per heavy atom. The molecule has 4 aromatic rings. The molecule has 0 fully saturated rings. The lowest BCUT2D eigenvalue weighted by molar-refractivity contribution is 0.104. The number of fused-ring (bicyclic) bond motifs is 1. The SMILES string of the molecule is Cc1nc2ccccc2c(-c2ccccc2)c1C(=O)/C=C/c1cccc(Cl)c1. The second kappa shape index (κ2) is 7.79. The van der Waals surface area contributed by atoms with Crippen molar-refractivity contribution in [3.8, 4) is 11.1 Å². The maximum atomic E-state index is 13.2. The van der Waals surface area contributed by atoms with Gasteiger partial charge in [0.15, 0.2) is 5.78 Å². The summed E-state index contributed by atoms with van der Waals surface area (Å²) < 4.78 is 0. The number of nitrogens with zero attached hydrogens (tertiary/aromatic N) is 1. The number of hydrogen-bond donors (Lipinski definition) is 0. The van der Waals surface area contributed by atoms with E-state index in [9.17, 15) is 4.79 Å². The summed E-state index contributed by atoms with van der Waals surface area (Å²) in [6, 6.07) is 25.3. The van der Waals surface area contributed by atoms with Crippen LogP contribution >= 0.6 is 11.6 Å². The summed E-state index contributed by atoms with van der Waals surface area (Å²) in [7, 11) is 0. The molecule has 3 heteroatoms. The van der Waals surface area contributed by atoms with Crippen molar-refractivity contribution in [1.29, 1.82) is 0 Å². The zero-order valence-electron chi connectivity index (χ0n) is 15.4. The lowest BCUT2D eigenvalue weighted by Crippen LogP contribution is -2.05. The van der Waals surface area contributed by atoms with Crippen LogP contribution in [-0.2, 0) is 0 Å². The summed E-state index contributed by atoms with van der Waals surface area (Å²) in [4.78, 5) is 17.9. The van der Waals surface area contributed by atoms with Crippen LogP contribution in [0.5, 0.6) is 0 Å². The third-order valence-electron chi connectivity index (χ3n) is 4.66. The second-order valence-corrected chi connectivity index (χ2v) is 7.02. The second-order valence-electron chi connectivity index (χ2n) is 6.58. The summed E-state index contributed by atoms with van der Waals surface area (Å²) in [6.45, 7) is 1.89. The number of carbonyl (C=O) groups is 1. The van der Waals surface area contributed by atoms with Crippen LogP contribution in [0.2, 0.25) is 5.02 Å². The quantitative estimate of drug-likeness (QED) is 0.288. The number of para-hydroxylation sites is 1. The molecule has 0 radical (unpaired) electrons. The van der Waals surface area contributed by atoms with Crippen molar-refractivity contribution in [2.75, 3.05) is 0 Å². The largest absolute Gasteiger partial charge is 0.289 e. The summed E-state index contributed by atoms with van der Waals surface area (Å²) in [6.07, 6.45) is 3.38. The highest BCUT2D eigenvalue weighted by Crippen LogP contribution is 2.33. The molecule has 136 valence electrons. The van der Waals surface area contributed by atoms with Crippen LogP contribution in [0.15, 0.2) is 84.9 Å². The molecule has 0 N–H and O–H groups in total. The highest BCUT2D eigenvalue weighted by molar-refractivity contribution is 6.30. The van der Waals surface area contributed by atoms with Crippen LogP contribution < -0.4 is 0 Å². The van der Waals surface area contributed by atoms with Crippen molar-refractivity contribution in [2.45, 2.75) is 6.92 Å². The Kier molecular flexibility index (Phi) is 5.05. The van der Waals surface area contributed by atoms with E-state index < -0.39 is 0 Å². The molecule has 3 aromatic carbocycles. The predicted molar refractivity (Wildman–Crippen MR) is 117 cm³/mol. The number of carbonyl (C=O) groups excluding carboxylic acids is 1. The maximum Gasteiger partial charge on any atom is 0.188 e. The molecule has 0 aliphatic heterocycles. The number of pyridine rings is 1. The maximum absolute atomic E-state index is 13.2. The van der Waals surface area contributed by atoms with Gasteiger partial charge in [-0.2, -0.15) is 0 Å². The van der Waals surface area contributed by atoms with Gasteiger partial charge in [-0.05, 0) is 42.3 Å². The molecule has 1 aromatic heterocycles. The Morgan fingerprint density at radius 2 is 1.68 bits per heavy atom. The highest BCUT2D eigenvalue weighted by Gasteiger charge is 2.18. The number of benzene rings is 3. The van der Waals surface area contributed by atoms with Crippen molar-refractivity contribution in [1.82, 2.24) is 4.98 Å². The fourth-order valence-electron chi connectivity index (χ4n) is 3.41. The first-order valence-electron chi connectivity index (χ1n) is 9.06. The predicted octanol–water partition coefficient (Wildman–Crippen LogP) is 6.76. The Morgan fingerprint density at radius 3 is 2.46 bits per heavy atom. The van der Waals surface area contributed by atoms with Gasteiger partial charge in [-0.3, -0.25) is 9.78 Å². The van der Waals surface area contributed by atoms with E-state index in [0.717, 1.165) is 33.3 Å². The van der Waals surface area contributed by atoms with Gasteiger partial charge in [0, 0.05) is 21.7 Å². The van der Waals surface area contributed by atoms with Crippen molar-refractivity contribution >= 4 is 34.4 Å². The third-order valence-corrected chi connectivity index (χ3v) is 4.89. The number of ketones is 1. The lowest BCUT2D eigenvalue weighted by Gasteiger charge is -2.14. The number of aryl methyl sites for hydroxylation is 1. The van der Waals surface area contributed by atoms with Gasteiger partial charge in [0.25, 0.3) is 0 Å². The monoisotopic (exact) mass is 383 g/mol. The molecular weight excluding hydrogens is 366 g/mol. The van der Waals surface area contributed by atoms with Crippen LogP contribution in [0.25, 0.3) is 28.1 Å². The molecule has 4 rings (SSSR count). The fourth-order valence-corrected chi connectivity index (χ4v) is 3.61. The minimum absolute atomic E-state index is 0.0745. The first kappa shape index (κ1) is 18.1. The number of rotatable bonds is 4. The molecule has 0 unspecified atom stereocenters. The van der Waals surface area contributed by atoms with Crippen molar-refractivity contribution < 1.29 is 4.79 Å². The Balaban J connectivity index is 1.88. The van der Waals surface area contributed by atoms with E-state index in [1.54, 1.807) is 12.2 Å². The average molecular weight is 384 g/mol. The van der Waals surface area contributed by atoms with Crippen molar-refractivity contribution in [2.24, 2.45) is 0 Å². The Labute approximate surface area is 169 Å². The highest BCUT2D eigenvalue weighted by atomic mass is 35.5. The van der Waals surface area contributed by atoms with Crippen molar-refractivity contribution in [3.63, 3.8) is 0 Å². The first-order valence-corrected chi connectivity index (χ1v) is 9.44. The number of aromatic nitrogens is 1. The summed E-state index contributed by atoms with van der Waals surface area (Å²) in [5.74, 6) is -0.0745. The smallest absolute Gasteiger partial charge is 0.188 e. The standard InChI is InChI=1S/C25H18ClNO/c1-17-24(23(28)15-14-18-8-7-11-20(26)16-18)25(19-9-3-2-4-10-19)21-12-5-6-13-22(21)27-17/h2-16H,1H3/b15-14+. The lowest BCUT2D eigenvalue weighted by atomic mass is 9.92. The molecule has 0 aliphatic rings. The Hall–Kier alpha value is -3.23. The minimum Gasteiger partial charge on any atom is -0.289 e. The summed E-state index contributed by atoms with van der Waals surface area (Å²) >= 11 is 6.04. The third kappa shape index (κ3) is 3.60. The zero-order valence-corrected chi connectivity index (χ0v) is 16.1. The van der Waals surface area contributed by atoms with E-state index in [1.807, 2.05) is 85.8 Å². The molecule has 0 amide bonds. The zero-order chi connectivity index (χ0) is 19.5. The van der Waals surface area contributed by atoms with Gasteiger partial charge in [0.1, 0.15) is 0 Å². The average Bonchev–Trinajstić information content (AvgIpc) is 2.71. The van der Waals surface area contributed by atoms with Gasteiger partial charge in [0.05, 0.1) is 11.1 Å². The Bertz CT molecular complexity index is 1200. The topological polar surface area (TPSA) is 30.0 Å². The number of halogens is 1. The van der Waals surface area contributed by atoms with Crippen LogP contribution in [-0.4, -0.2) is 10.8 Å². The number of allylic oxidation sites excluding steroid dienone is 1. The van der Waals surface area contributed by atoms with E-state index in [2.05, 4.69) is 4.98 Å². The molecular formula is C25H18ClNO. The molecule has 0 spiro atoms. The molecule has 0 saturated carbocycles. The van der Waals surface area contributed by atoms with Gasteiger partial charge in [-0.1, -0.05) is 78.3 Å². The normalized spacial score (nSPS) is 11.2. The minimum atomic E-state index is -0.0745. The molecule has 0 bridgehead atoms. The molecule has 2 nitrogen and oxygen atoms in total. The van der Waals surface area contributed by atoms with Gasteiger partial charge in [0.2, 0.25) is 0 Å². The molecule has 28 heavy (non-hydrogen) atoms. The van der Waals surface area contributed by atoms with E-state index >= 15 is 0 Å². The van der Waals surface area contributed by atoms with Gasteiger partial charge >= 0.3 is 0 Å². The van der Waals surface area contributed by atoms with Gasteiger partial charge in [-0.15, -0.1) is 0 Å². The summed E-state index contributed by atoms with van der Waals surface area (Å²) in [5.41, 5.74) is 5.04. The van der Waals surface area contributed by atoms with E-state index in [-0.39, 0.29) is 5.78 Å². The van der Waals surface area contributed by atoms with E-state index in [4.69, 9.17) is 11.6 Å².